The lowest BCUT2D eigenvalue weighted by Crippen LogP contribution is -2.36. The number of nitrogens with zero attached hydrogens (tertiary/aromatic N) is 1. The van der Waals surface area contributed by atoms with Gasteiger partial charge in [0.2, 0.25) is 0 Å². The molecule has 0 aliphatic rings. The molecule has 0 unspecified atom stereocenters. The predicted molar refractivity (Wildman–Crippen MR) is 65.6 cm³/mol. The van der Waals surface area contributed by atoms with Gasteiger partial charge in [-0.25, -0.2) is 0 Å². The average Bonchev–Trinajstić information content (AvgIpc) is 1.82. The van der Waals surface area contributed by atoms with Crippen molar-refractivity contribution in [2.24, 2.45) is 10.9 Å². The third-order valence-corrected chi connectivity index (χ3v) is 6.81. The van der Waals surface area contributed by atoms with Crippen LogP contribution in [0.25, 0.3) is 0 Å². The Balaban J connectivity index is 4.25. The fourth-order valence-electron chi connectivity index (χ4n) is 0.685. The van der Waals surface area contributed by atoms with Crippen molar-refractivity contribution in [3.8, 4) is 0 Å². The summed E-state index contributed by atoms with van der Waals surface area (Å²) in [5.74, 6) is 0.675. The van der Waals surface area contributed by atoms with Gasteiger partial charge < -0.3 is 0 Å². The Bertz CT molecular complexity index is 175. The second kappa shape index (κ2) is 4.40. The van der Waals surface area contributed by atoms with Crippen LogP contribution in [0.5, 0.6) is 0 Å². The van der Waals surface area contributed by atoms with Crippen LogP contribution in [0.1, 0.15) is 27.7 Å². The van der Waals surface area contributed by atoms with E-state index in [0.29, 0.717) is 11.0 Å². The lowest BCUT2D eigenvalue weighted by molar-refractivity contribution is 0.663. The van der Waals surface area contributed by atoms with E-state index in [1.165, 1.54) is 0 Å². The third kappa shape index (κ3) is 4.60. The lowest BCUT2D eigenvalue weighted by atomic mass is 10.2. The minimum absolute atomic E-state index is 0.321. The van der Waals surface area contributed by atoms with Gasteiger partial charge in [0.1, 0.15) is 0 Å². The molecule has 2 heteroatoms. The molecule has 13 heavy (non-hydrogen) atoms. The molecular weight excluding hydrogens is 174 g/mol. The fourth-order valence-corrected chi connectivity index (χ4v) is 1.16. The smallest absolute Gasteiger partial charge is 0.0561 e. The van der Waals surface area contributed by atoms with Crippen molar-refractivity contribution < 1.29 is 0 Å². The highest BCUT2D eigenvalue weighted by atomic mass is 28.3. The highest BCUT2D eigenvalue weighted by Crippen LogP contribution is 2.34. The van der Waals surface area contributed by atoms with Crippen LogP contribution in [0.4, 0.5) is 0 Å². The first-order valence-electron chi connectivity index (χ1n) is 5.18. The van der Waals surface area contributed by atoms with Crippen LogP contribution in [0.15, 0.2) is 4.99 Å². The summed E-state index contributed by atoms with van der Waals surface area (Å²) in [7, 11) is -1.11. The highest BCUT2D eigenvalue weighted by Gasteiger charge is 2.32. The minimum Gasteiger partial charge on any atom is -0.297 e. The normalized spacial score (nSPS) is 14.5. The summed E-state index contributed by atoms with van der Waals surface area (Å²) in [4.78, 5) is 4.52. The van der Waals surface area contributed by atoms with E-state index in [1.54, 1.807) is 0 Å². The largest absolute Gasteiger partial charge is 0.297 e. The average molecular weight is 199 g/mol. The van der Waals surface area contributed by atoms with Crippen LogP contribution in [-0.2, 0) is 0 Å². The van der Waals surface area contributed by atoms with Gasteiger partial charge in [0, 0.05) is 12.8 Å². The summed E-state index contributed by atoms with van der Waals surface area (Å²) in [5.41, 5.74) is 0. The SMILES string of the molecule is CC(C)CN=CC(C)(C)[Si](C)(C)C. The molecule has 0 bridgehead atoms. The molecule has 0 saturated heterocycles. The van der Waals surface area contributed by atoms with E-state index in [9.17, 15) is 0 Å². The standard InChI is InChI=1S/C11H25NSi/c1-10(2)8-12-9-11(3,4)13(5,6)7/h9-10H,8H2,1-7H3. The number of hydrogen-bond donors (Lipinski definition) is 0. The zero-order chi connectivity index (χ0) is 10.7. The van der Waals surface area contributed by atoms with Crippen LogP contribution < -0.4 is 0 Å². The molecule has 0 rings (SSSR count). The Kier molecular flexibility index (Phi) is 4.37. The van der Waals surface area contributed by atoms with Crippen LogP contribution >= 0.6 is 0 Å². The van der Waals surface area contributed by atoms with E-state index in [4.69, 9.17) is 0 Å². The van der Waals surface area contributed by atoms with Gasteiger partial charge in [0.25, 0.3) is 0 Å². The fraction of sp³-hybridized carbons (Fsp3) is 0.909. The third-order valence-electron chi connectivity index (χ3n) is 2.82. The molecule has 0 aliphatic carbocycles. The van der Waals surface area contributed by atoms with Gasteiger partial charge in [-0.05, 0) is 11.0 Å². The molecule has 1 nitrogen and oxygen atoms in total. The molecule has 0 spiro atoms. The summed E-state index contributed by atoms with van der Waals surface area (Å²) in [6, 6.07) is 0. The number of aliphatic imine (C=N–C) groups is 1. The van der Waals surface area contributed by atoms with E-state index < -0.39 is 8.07 Å². The number of rotatable bonds is 4. The molecule has 0 aromatic carbocycles. The van der Waals surface area contributed by atoms with Crippen molar-refractivity contribution in [3.05, 3.63) is 0 Å². The molecular formula is C11H25NSi. The molecule has 0 aromatic rings. The van der Waals surface area contributed by atoms with Gasteiger partial charge in [-0.2, -0.15) is 0 Å². The summed E-state index contributed by atoms with van der Waals surface area (Å²) >= 11 is 0. The molecule has 0 N–H and O–H groups in total. The Morgan fingerprint density at radius 2 is 1.69 bits per heavy atom. The molecule has 0 heterocycles. The molecule has 0 radical (unpaired) electrons. The van der Waals surface area contributed by atoms with Gasteiger partial charge in [-0.15, -0.1) is 0 Å². The second-order valence-corrected chi connectivity index (χ2v) is 11.6. The number of hydrogen-bond acceptors (Lipinski definition) is 1. The van der Waals surface area contributed by atoms with Gasteiger partial charge in [0.15, 0.2) is 0 Å². The summed E-state index contributed by atoms with van der Waals surface area (Å²) in [5, 5.41) is 0.321. The molecule has 78 valence electrons. The van der Waals surface area contributed by atoms with Crippen LogP contribution in [0, 0.1) is 5.92 Å². The van der Waals surface area contributed by atoms with Gasteiger partial charge >= 0.3 is 0 Å². The van der Waals surface area contributed by atoms with Crippen LogP contribution in [0.2, 0.25) is 24.7 Å². The van der Waals surface area contributed by atoms with Gasteiger partial charge in [0.05, 0.1) is 8.07 Å². The predicted octanol–water partition coefficient (Wildman–Crippen LogP) is 3.83. The summed E-state index contributed by atoms with van der Waals surface area (Å²) in [6.45, 7) is 17.2. The zero-order valence-electron chi connectivity index (χ0n) is 10.3. The summed E-state index contributed by atoms with van der Waals surface area (Å²) < 4.78 is 0. The van der Waals surface area contributed by atoms with Crippen molar-refractivity contribution in [3.63, 3.8) is 0 Å². The molecule has 0 atom stereocenters. The summed E-state index contributed by atoms with van der Waals surface area (Å²) in [6.07, 6.45) is 2.18. The maximum absolute atomic E-state index is 4.52. The lowest BCUT2D eigenvalue weighted by Gasteiger charge is -2.33. The van der Waals surface area contributed by atoms with Gasteiger partial charge in [-0.1, -0.05) is 47.3 Å². The Morgan fingerprint density at radius 1 is 1.23 bits per heavy atom. The maximum Gasteiger partial charge on any atom is 0.0561 e. The highest BCUT2D eigenvalue weighted by molar-refractivity contribution is 6.81. The van der Waals surface area contributed by atoms with E-state index in [2.05, 4.69) is 58.5 Å². The van der Waals surface area contributed by atoms with Crippen molar-refractivity contribution >= 4 is 14.3 Å². The first kappa shape index (κ1) is 12.9. The topological polar surface area (TPSA) is 12.4 Å². The second-order valence-electron chi connectivity index (χ2n) is 5.86. The monoisotopic (exact) mass is 199 g/mol. The maximum atomic E-state index is 4.52. The van der Waals surface area contributed by atoms with Crippen LogP contribution in [-0.4, -0.2) is 20.8 Å². The Morgan fingerprint density at radius 3 is 2.00 bits per heavy atom. The van der Waals surface area contributed by atoms with Crippen LogP contribution in [0.3, 0.4) is 0 Å². The van der Waals surface area contributed by atoms with E-state index in [-0.39, 0.29) is 0 Å². The molecule has 0 fully saturated rings. The molecule has 0 amide bonds. The van der Waals surface area contributed by atoms with E-state index >= 15 is 0 Å². The Hall–Kier alpha value is -0.113. The van der Waals surface area contributed by atoms with E-state index in [0.717, 1.165) is 6.54 Å². The van der Waals surface area contributed by atoms with Crippen molar-refractivity contribution in [1.82, 2.24) is 0 Å². The van der Waals surface area contributed by atoms with Crippen molar-refractivity contribution in [2.45, 2.75) is 52.4 Å². The quantitative estimate of drug-likeness (QED) is 0.482. The van der Waals surface area contributed by atoms with Crippen molar-refractivity contribution in [2.75, 3.05) is 6.54 Å². The van der Waals surface area contributed by atoms with E-state index in [1.807, 2.05) is 0 Å². The minimum atomic E-state index is -1.11. The van der Waals surface area contributed by atoms with Gasteiger partial charge in [-0.3, -0.25) is 4.99 Å². The first-order valence-corrected chi connectivity index (χ1v) is 8.68. The van der Waals surface area contributed by atoms with Crippen molar-refractivity contribution in [1.29, 1.82) is 0 Å². The zero-order valence-corrected chi connectivity index (χ0v) is 11.3. The first-order chi connectivity index (χ1) is 5.67. The molecule has 0 aromatic heterocycles. The molecule has 0 saturated carbocycles. The Labute approximate surface area is 84.7 Å². The molecule has 0 aliphatic heterocycles.